The molecule has 5 nitrogen and oxygen atoms in total. The summed E-state index contributed by atoms with van der Waals surface area (Å²) in [7, 11) is -5.42. The first-order chi connectivity index (χ1) is 10.3. The summed E-state index contributed by atoms with van der Waals surface area (Å²) >= 11 is 0. The molecule has 0 bridgehead atoms. The average molecular weight is 365 g/mol. The van der Waals surface area contributed by atoms with E-state index in [-0.39, 0.29) is 11.6 Å². The molecule has 0 aliphatic heterocycles. The Morgan fingerprint density at radius 2 is 1.78 bits per heavy atom. The topological polar surface area (TPSA) is 69.7 Å². The van der Waals surface area contributed by atoms with E-state index in [9.17, 15) is 13.2 Å². The van der Waals surface area contributed by atoms with Gasteiger partial charge in [0.05, 0.1) is 11.9 Å². The van der Waals surface area contributed by atoms with Crippen molar-refractivity contribution < 1.29 is 22.4 Å². The highest BCUT2D eigenvalue weighted by Crippen LogP contribution is 2.47. The third kappa shape index (κ3) is 4.17. The summed E-state index contributed by atoms with van der Waals surface area (Å²) < 4.78 is 35.2. The van der Waals surface area contributed by atoms with Crippen LogP contribution >= 0.6 is 0 Å². The van der Waals surface area contributed by atoms with Gasteiger partial charge in [-0.3, -0.25) is 4.79 Å². The Labute approximate surface area is 142 Å². The summed E-state index contributed by atoms with van der Waals surface area (Å²) in [5.41, 5.74) is 0. The third-order valence-corrected chi connectivity index (χ3v) is 12.7. The first kappa shape index (κ1) is 20.6. The van der Waals surface area contributed by atoms with Crippen molar-refractivity contribution in [3.63, 3.8) is 0 Å². The lowest BCUT2D eigenvalue weighted by Crippen LogP contribution is -2.43. The van der Waals surface area contributed by atoms with E-state index in [1.54, 1.807) is 13.8 Å². The Balaban J connectivity index is 2.68. The van der Waals surface area contributed by atoms with Crippen LogP contribution in [0.15, 0.2) is 0 Å². The second-order valence-electron chi connectivity index (χ2n) is 7.97. The van der Waals surface area contributed by atoms with E-state index in [0.29, 0.717) is 25.9 Å². The van der Waals surface area contributed by atoms with Crippen LogP contribution in [0.4, 0.5) is 0 Å². The maximum atomic E-state index is 12.7. The van der Waals surface area contributed by atoms with Crippen LogP contribution in [0.3, 0.4) is 0 Å². The molecule has 0 aromatic heterocycles. The highest BCUT2D eigenvalue weighted by atomic mass is 32.2. The van der Waals surface area contributed by atoms with Gasteiger partial charge in [0.15, 0.2) is 22.9 Å². The predicted octanol–water partition coefficient (Wildman–Crippen LogP) is 3.30. The number of carbonyl (C=O) groups is 1. The number of sulfone groups is 1. The summed E-state index contributed by atoms with van der Waals surface area (Å²) in [6.07, 6.45) is 1.17. The SMILES string of the molecule is CCOC(=O)C1(S(=O)(=O)C(C)CCO[Si](C)(C)C(C)(C)C)CC1. The molecule has 0 amide bonds. The standard InChI is InChI=1S/C16H32O5SSi/c1-8-20-14(17)16(10-11-16)22(18,19)13(2)9-12-21-23(6,7)15(3,4)5/h13H,8-12H2,1-7H3. The molecule has 0 N–H and O–H groups in total. The van der Waals surface area contributed by atoms with E-state index < -0.39 is 34.1 Å². The average Bonchev–Trinajstić information content (AvgIpc) is 3.18. The molecule has 1 rings (SSSR count). The number of hydrogen-bond acceptors (Lipinski definition) is 5. The van der Waals surface area contributed by atoms with E-state index in [4.69, 9.17) is 9.16 Å². The minimum absolute atomic E-state index is 0.0950. The van der Waals surface area contributed by atoms with E-state index in [1.165, 1.54) is 0 Å². The fraction of sp³-hybridized carbons (Fsp3) is 0.938. The van der Waals surface area contributed by atoms with Crippen LogP contribution in [0.25, 0.3) is 0 Å². The van der Waals surface area contributed by atoms with Gasteiger partial charge in [-0.25, -0.2) is 8.42 Å². The Bertz CT molecular complexity index is 529. The molecular weight excluding hydrogens is 332 g/mol. The fourth-order valence-corrected chi connectivity index (χ4v) is 5.42. The molecule has 0 aromatic rings. The second-order valence-corrected chi connectivity index (χ2v) is 15.5. The molecule has 7 heteroatoms. The van der Waals surface area contributed by atoms with Gasteiger partial charge in [-0.1, -0.05) is 20.8 Å². The van der Waals surface area contributed by atoms with Crippen molar-refractivity contribution in [1.82, 2.24) is 0 Å². The van der Waals surface area contributed by atoms with Gasteiger partial charge in [-0.2, -0.15) is 0 Å². The Morgan fingerprint density at radius 3 is 2.17 bits per heavy atom. The minimum atomic E-state index is -3.54. The number of esters is 1. The molecule has 1 unspecified atom stereocenters. The Morgan fingerprint density at radius 1 is 1.26 bits per heavy atom. The van der Waals surface area contributed by atoms with Crippen molar-refractivity contribution in [2.24, 2.45) is 0 Å². The highest BCUT2D eigenvalue weighted by molar-refractivity contribution is 7.94. The molecule has 0 heterocycles. The van der Waals surface area contributed by atoms with Crippen molar-refractivity contribution in [1.29, 1.82) is 0 Å². The molecule has 0 aromatic carbocycles. The van der Waals surface area contributed by atoms with Gasteiger partial charge in [0.1, 0.15) is 0 Å². The van der Waals surface area contributed by atoms with Crippen molar-refractivity contribution in [3.05, 3.63) is 0 Å². The number of rotatable bonds is 8. The molecule has 1 saturated carbocycles. The molecule has 1 atom stereocenters. The van der Waals surface area contributed by atoms with Gasteiger partial charge in [-0.05, 0) is 51.2 Å². The normalized spacial score (nSPS) is 19.3. The van der Waals surface area contributed by atoms with Crippen molar-refractivity contribution in [3.8, 4) is 0 Å². The van der Waals surface area contributed by atoms with Crippen molar-refractivity contribution in [2.45, 2.75) is 82.0 Å². The molecule has 136 valence electrons. The maximum Gasteiger partial charge on any atom is 0.327 e. The van der Waals surface area contributed by atoms with Gasteiger partial charge in [-0.15, -0.1) is 0 Å². The Kier molecular flexibility index (Phi) is 6.14. The van der Waals surface area contributed by atoms with Gasteiger partial charge in [0.25, 0.3) is 0 Å². The minimum Gasteiger partial charge on any atom is -0.465 e. The maximum absolute atomic E-state index is 12.7. The third-order valence-electron chi connectivity index (χ3n) is 5.22. The molecule has 1 aliphatic carbocycles. The zero-order chi connectivity index (χ0) is 18.1. The van der Waals surface area contributed by atoms with Crippen LogP contribution in [0, 0.1) is 0 Å². The lowest BCUT2D eigenvalue weighted by atomic mass is 10.2. The highest BCUT2D eigenvalue weighted by Gasteiger charge is 2.63. The zero-order valence-electron chi connectivity index (χ0n) is 15.6. The van der Waals surface area contributed by atoms with E-state index >= 15 is 0 Å². The van der Waals surface area contributed by atoms with Gasteiger partial charge in [0, 0.05) is 6.61 Å². The van der Waals surface area contributed by atoms with Gasteiger partial charge in [0.2, 0.25) is 0 Å². The lowest BCUT2D eigenvalue weighted by molar-refractivity contribution is -0.143. The van der Waals surface area contributed by atoms with Gasteiger partial charge >= 0.3 is 5.97 Å². The van der Waals surface area contributed by atoms with Crippen LogP contribution in [0.1, 0.15) is 53.9 Å². The van der Waals surface area contributed by atoms with Crippen molar-refractivity contribution in [2.75, 3.05) is 13.2 Å². The molecule has 0 saturated heterocycles. The molecular formula is C16H32O5SSi. The molecule has 1 fully saturated rings. The van der Waals surface area contributed by atoms with Crippen LogP contribution < -0.4 is 0 Å². The van der Waals surface area contributed by atoms with E-state index in [2.05, 4.69) is 33.9 Å². The lowest BCUT2D eigenvalue weighted by Gasteiger charge is -2.36. The number of carbonyl (C=O) groups excluding carboxylic acids is 1. The first-order valence-corrected chi connectivity index (χ1v) is 12.8. The van der Waals surface area contributed by atoms with E-state index in [0.717, 1.165) is 0 Å². The second kappa shape index (κ2) is 6.84. The summed E-state index contributed by atoms with van der Waals surface area (Å²) in [5.74, 6) is -0.586. The predicted molar refractivity (Wildman–Crippen MR) is 94.7 cm³/mol. The molecule has 23 heavy (non-hydrogen) atoms. The monoisotopic (exact) mass is 364 g/mol. The molecule has 0 radical (unpaired) electrons. The van der Waals surface area contributed by atoms with Crippen LogP contribution in [0.2, 0.25) is 18.1 Å². The number of ether oxygens (including phenoxy) is 1. The Hall–Kier alpha value is -0.403. The summed E-state index contributed by atoms with van der Waals surface area (Å²) in [6, 6.07) is 0. The molecule has 1 aliphatic rings. The van der Waals surface area contributed by atoms with E-state index in [1.807, 2.05) is 0 Å². The fourth-order valence-electron chi connectivity index (χ4n) is 2.22. The van der Waals surface area contributed by atoms with Gasteiger partial charge < -0.3 is 9.16 Å². The number of hydrogen-bond donors (Lipinski definition) is 0. The summed E-state index contributed by atoms with van der Waals surface area (Å²) in [5, 5.41) is -0.503. The first-order valence-electron chi connectivity index (χ1n) is 8.36. The van der Waals surface area contributed by atoms with Crippen LogP contribution in [-0.2, 0) is 23.8 Å². The quantitative estimate of drug-likeness (QED) is 0.488. The largest absolute Gasteiger partial charge is 0.465 e. The van der Waals surface area contributed by atoms with Crippen LogP contribution in [0.5, 0.6) is 0 Å². The summed E-state index contributed by atoms with van der Waals surface area (Å²) in [6.45, 7) is 14.7. The molecule has 0 spiro atoms. The smallest absolute Gasteiger partial charge is 0.327 e. The zero-order valence-corrected chi connectivity index (χ0v) is 17.4. The van der Waals surface area contributed by atoms with Crippen LogP contribution in [-0.4, -0.2) is 45.9 Å². The van der Waals surface area contributed by atoms with Crippen molar-refractivity contribution >= 4 is 24.1 Å². The summed E-state index contributed by atoms with van der Waals surface area (Å²) in [4.78, 5) is 12.0.